The molecule has 0 atom stereocenters. The Balaban J connectivity index is 1.97. The van der Waals surface area contributed by atoms with E-state index in [1.807, 2.05) is 66.7 Å². The molecule has 0 bridgehead atoms. The van der Waals surface area contributed by atoms with E-state index in [9.17, 15) is 4.79 Å². The maximum absolute atomic E-state index is 12.1. The molecular weight excluding hydrogens is 328 g/mol. The van der Waals surface area contributed by atoms with Gasteiger partial charge in [-0.15, -0.1) is 0 Å². The Morgan fingerprint density at radius 3 is 2.50 bits per heavy atom. The molecule has 0 saturated carbocycles. The van der Waals surface area contributed by atoms with Gasteiger partial charge in [-0.2, -0.15) is 0 Å². The molecule has 0 aliphatic rings. The average molecular weight is 348 g/mol. The number of carbonyl (C=O) groups is 1. The number of rotatable bonds is 6. The summed E-state index contributed by atoms with van der Waals surface area (Å²) in [7, 11) is 2.85. The first kappa shape index (κ1) is 17.5. The molecule has 3 aromatic rings. The Morgan fingerprint density at radius 2 is 1.77 bits per heavy atom. The second-order valence-electron chi connectivity index (χ2n) is 5.72. The van der Waals surface area contributed by atoms with Gasteiger partial charge in [-0.25, -0.2) is 4.79 Å². The van der Waals surface area contributed by atoms with Crippen LogP contribution in [0.1, 0.15) is 11.1 Å². The van der Waals surface area contributed by atoms with Crippen molar-refractivity contribution >= 4 is 22.3 Å². The number of hydrogen-bond acceptors (Lipinski definition) is 4. The standard InChI is InChI=1S/C22H20O4/c1-24-15-21(22(23)25-2)19-10-6-9-17-11-12-18(13-20(17)19)26-14-16-7-4-3-5-8-16/h3-13,15H,14H2,1-2H3. The summed E-state index contributed by atoms with van der Waals surface area (Å²) in [5.41, 5.74) is 2.19. The Hall–Kier alpha value is -3.27. The SMILES string of the molecule is COC=C(C(=O)OC)c1cccc2ccc(OCc3ccccc3)cc12. The fourth-order valence-electron chi connectivity index (χ4n) is 2.77. The smallest absolute Gasteiger partial charge is 0.341 e. The van der Waals surface area contributed by atoms with Gasteiger partial charge in [-0.3, -0.25) is 0 Å². The fourth-order valence-corrected chi connectivity index (χ4v) is 2.77. The molecule has 26 heavy (non-hydrogen) atoms. The van der Waals surface area contributed by atoms with Gasteiger partial charge in [0.1, 0.15) is 17.9 Å². The molecule has 0 spiro atoms. The van der Waals surface area contributed by atoms with Crippen LogP contribution in [0.15, 0.2) is 73.0 Å². The van der Waals surface area contributed by atoms with Crippen LogP contribution in [0, 0.1) is 0 Å². The lowest BCUT2D eigenvalue weighted by Crippen LogP contribution is -2.05. The van der Waals surface area contributed by atoms with Crippen LogP contribution in [0.3, 0.4) is 0 Å². The third kappa shape index (κ3) is 3.86. The third-order valence-corrected chi connectivity index (χ3v) is 4.03. The summed E-state index contributed by atoms with van der Waals surface area (Å²) in [6.45, 7) is 0.478. The van der Waals surface area contributed by atoms with Crippen molar-refractivity contribution in [3.63, 3.8) is 0 Å². The summed E-state index contributed by atoms with van der Waals surface area (Å²) in [5.74, 6) is 0.283. The van der Waals surface area contributed by atoms with E-state index in [-0.39, 0.29) is 0 Å². The molecule has 0 fully saturated rings. The summed E-state index contributed by atoms with van der Waals surface area (Å²) >= 11 is 0. The zero-order valence-corrected chi connectivity index (χ0v) is 14.8. The predicted octanol–water partition coefficient (Wildman–Crippen LogP) is 4.58. The number of fused-ring (bicyclic) bond motifs is 1. The second-order valence-corrected chi connectivity index (χ2v) is 5.72. The quantitative estimate of drug-likeness (QED) is 0.372. The zero-order valence-electron chi connectivity index (χ0n) is 14.8. The number of ether oxygens (including phenoxy) is 3. The number of methoxy groups -OCH3 is 2. The predicted molar refractivity (Wildman–Crippen MR) is 102 cm³/mol. The third-order valence-electron chi connectivity index (χ3n) is 4.03. The van der Waals surface area contributed by atoms with Crippen LogP contribution in [0.5, 0.6) is 5.75 Å². The number of hydrogen-bond donors (Lipinski definition) is 0. The van der Waals surface area contributed by atoms with Gasteiger partial charge < -0.3 is 14.2 Å². The monoisotopic (exact) mass is 348 g/mol. The van der Waals surface area contributed by atoms with E-state index in [2.05, 4.69) is 0 Å². The zero-order chi connectivity index (χ0) is 18.4. The Morgan fingerprint density at radius 1 is 0.962 bits per heavy atom. The molecule has 132 valence electrons. The van der Waals surface area contributed by atoms with E-state index in [0.29, 0.717) is 12.2 Å². The molecule has 3 aromatic carbocycles. The van der Waals surface area contributed by atoms with Crippen molar-refractivity contribution in [3.8, 4) is 5.75 Å². The van der Waals surface area contributed by atoms with E-state index in [1.165, 1.54) is 20.5 Å². The Bertz CT molecular complexity index is 929. The molecule has 0 aliphatic carbocycles. The number of esters is 1. The van der Waals surface area contributed by atoms with Crippen LogP contribution in [0.25, 0.3) is 16.3 Å². The molecule has 0 aromatic heterocycles. The highest BCUT2D eigenvalue weighted by Crippen LogP contribution is 2.29. The lowest BCUT2D eigenvalue weighted by atomic mass is 9.98. The molecule has 0 saturated heterocycles. The summed E-state index contributed by atoms with van der Waals surface area (Å²) in [5, 5.41) is 1.90. The van der Waals surface area contributed by atoms with Crippen LogP contribution in [0.2, 0.25) is 0 Å². The van der Waals surface area contributed by atoms with Crippen LogP contribution >= 0.6 is 0 Å². The molecular formula is C22H20O4. The van der Waals surface area contributed by atoms with Crippen LogP contribution in [-0.4, -0.2) is 20.2 Å². The molecule has 0 heterocycles. The van der Waals surface area contributed by atoms with E-state index in [1.54, 1.807) is 0 Å². The maximum atomic E-state index is 12.1. The van der Waals surface area contributed by atoms with Crippen molar-refractivity contribution in [2.24, 2.45) is 0 Å². The van der Waals surface area contributed by atoms with Gasteiger partial charge in [0, 0.05) is 5.56 Å². The van der Waals surface area contributed by atoms with Crippen LogP contribution in [-0.2, 0) is 20.9 Å². The highest BCUT2D eigenvalue weighted by Gasteiger charge is 2.16. The van der Waals surface area contributed by atoms with Gasteiger partial charge >= 0.3 is 5.97 Å². The van der Waals surface area contributed by atoms with Crippen LogP contribution < -0.4 is 4.74 Å². The number of carbonyl (C=O) groups excluding carboxylic acids is 1. The van der Waals surface area contributed by atoms with E-state index in [0.717, 1.165) is 27.6 Å². The van der Waals surface area contributed by atoms with Gasteiger partial charge in [0.05, 0.1) is 20.5 Å². The molecule has 0 aliphatic heterocycles. The van der Waals surface area contributed by atoms with Crippen molar-refractivity contribution in [2.75, 3.05) is 14.2 Å². The van der Waals surface area contributed by atoms with Crippen molar-refractivity contribution < 1.29 is 19.0 Å². The van der Waals surface area contributed by atoms with Crippen molar-refractivity contribution in [1.82, 2.24) is 0 Å². The minimum atomic E-state index is -0.449. The first-order chi connectivity index (χ1) is 12.7. The van der Waals surface area contributed by atoms with Gasteiger partial charge in [0.25, 0.3) is 0 Å². The second kappa shape index (κ2) is 8.21. The van der Waals surface area contributed by atoms with E-state index in [4.69, 9.17) is 14.2 Å². The molecule has 0 unspecified atom stereocenters. The minimum Gasteiger partial charge on any atom is -0.503 e. The Labute approximate surface area is 152 Å². The minimum absolute atomic E-state index is 0.362. The highest BCUT2D eigenvalue weighted by molar-refractivity contribution is 6.20. The molecule has 4 nitrogen and oxygen atoms in total. The van der Waals surface area contributed by atoms with Gasteiger partial charge in [-0.1, -0.05) is 54.6 Å². The lowest BCUT2D eigenvalue weighted by Gasteiger charge is -2.12. The van der Waals surface area contributed by atoms with Crippen molar-refractivity contribution in [3.05, 3.63) is 84.1 Å². The fraction of sp³-hybridized carbons (Fsp3) is 0.136. The first-order valence-electron chi connectivity index (χ1n) is 8.24. The van der Waals surface area contributed by atoms with Gasteiger partial charge in [0.2, 0.25) is 0 Å². The molecule has 0 radical (unpaired) electrons. The normalized spacial score (nSPS) is 11.2. The van der Waals surface area contributed by atoms with Gasteiger partial charge in [0.15, 0.2) is 0 Å². The Kier molecular flexibility index (Phi) is 5.54. The van der Waals surface area contributed by atoms with Crippen molar-refractivity contribution in [1.29, 1.82) is 0 Å². The molecule has 0 N–H and O–H groups in total. The van der Waals surface area contributed by atoms with E-state index < -0.39 is 5.97 Å². The van der Waals surface area contributed by atoms with Crippen molar-refractivity contribution in [2.45, 2.75) is 6.61 Å². The summed E-state index contributed by atoms with van der Waals surface area (Å²) in [6, 6.07) is 21.5. The molecule has 4 heteroatoms. The van der Waals surface area contributed by atoms with E-state index >= 15 is 0 Å². The highest BCUT2D eigenvalue weighted by atomic mass is 16.5. The molecule has 3 rings (SSSR count). The maximum Gasteiger partial charge on any atom is 0.341 e. The lowest BCUT2D eigenvalue weighted by molar-refractivity contribution is -0.133. The summed E-state index contributed by atoms with van der Waals surface area (Å²) in [4.78, 5) is 12.1. The first-order valence-corrected chi connectivity index (χ1v) is 8.24. The largest absolute Gasteiger partial charge is 0.503 e. The average Bonchev–Trinajstić information content (AvgIpc) is 2.70. The summed E-state index contributed by atoms with van der Waals surface area (Å²) < 4.78 is 15.9. The number of benzene rings is 3. The van der Waals surface area contributed by atoms with Crippen LogP contribution in [0.4, 0.5) is 0 Å². The van der Waals surface area contributed by atoms with Gasteiger partial charge in [-0.05, 0) is 28.5 Å². The molecule has 0 amide bonds. The topological polar surface area (TPSA) is 44.8 Å². The summed E-state index contributed by atoms with van der Waals surface area (Å²) in [6.07, 6.45) is 1.40.